The number of carbonyl (C=O) groups excluding carboxylic acids is 4. The zero-order chi connectivity index (χ0) is 26.0. The second kappa shape index (κ2) is 8.10. The minimum atomic E-state index is -2.72. The van der Waals surface area contributed by atoms with Crippen LogP contribution < -0.4 is 15.8 Å². The third-order valence-electron chi connectivity index (χ3n) is 7.11. The van der Waals surface area contributed by atoms with Crippen LogP contribution in [0.4, 0.5) is 5.69 Å². The zero-order valence-electron chi connectivity index (χ0n) is 19.2. The SMILES string of the molecule is COc1cc(NC=O)c(O)c2c1C[C@H]1C[C@H]3[C@H](N(C)C)C(=O)C(C(N)=O)=C(O)[C@@]3(O)C(=O)C1=C2O. The Kier molecular flexibility index (Phi) is 5.61. The van der Waals surface area contributed by atoms with Gasteiger partial charge in [-0.1, -0.05) is 0 Å². The maximum absolute atomic E-state index is 13.7. The number of benzene rings is 1. The van der Waals surface area contributed by atoms with Crippen LogP contribution in [0.15, 0.2) is 23.0 Å². The number of phenolic OH excluding ortho intramolecular Hbond substituents is 1. The van der Waals surface area contributed by atoms with Crippen molar-refractivity contribution in [1.29, 1.82) is 0 Å². The molecule has 0 radical (unpaired) electrons. The highest BCUT2D eigenvalue weighted by atomic mass is 16.5. The fourth-order valence-corrected chi connectivity index (χ4v) is 5.63. The molecule has 7 N–H and O–H groups in total. The number of ether oxygens (including phenoxy) is 1. The lowest BCUT2D eigenvalue weighted by atomic mass is 9.57. The Morgan fingerprint density at radius 2 is 1.94 bits per heavy atom. The number of nitrogens with one attached hydrogen (secondary N) is 1. The molecule has 186 valence electrons. The second-order valence-corrected chi connectivity index (χ2v) is 9.05. The van der Waals surface area contributed by atoms with Gasteiger partial charge in [-0.25, -0.2) is 0 Å². The average Bonchev–Trinajstić information content (AvgIpc) is 2.77. The van der Waals surface area contributed by atoms with Crippen molar-refractivity contribution in [3.05, 3.63) is 34.1 Å². The molecule has 0 spiro atoms. The van der Waals surface area contributed by atoms with Crippen molar-refractivity contribution in [3.8, 4) is 11.5 Å². The lowest BCUT2D eigenvalue weighted by molar-refractivity contribution is -0.153. The summed E-state index contributed by atoms with van der Waals surface area (Å²) in [7, 11) is 4.40. The topological polar surface area (TPSA) is 200 Å². The Bertz CT molecular complexity index is 1250. The first-order valence-corrected chi connectivity index (χ1v) is 10.7. The summed E-state index contributed by atoms with van der Waals surface area (Å²) in [6.07, 6.45) is 0.348. The molecule has 0 aromatic heterocycles. The number of nitrogens with zero attached hydrogens (tertiary/aromatic N) is 1. The molecule has 0 unspecified atom stereocenters. The molecule has 1 aromatic rings. The van der Waals surface area contributed by atoms with E-state index >= 15 is 0 Å². The number of carbonyl (C=O) groups is 4. The first-order valence-electron chi connectivity index (χ1n) is 10.7. The molecule has 1 aromatic carbocycles. The number of aromatic hydroxyl groups is 1. The lowest BCUT2D eigenvalue weighted by Crippen LogP contribution is -2.65. The highest BCUT2D eigenvalue weighted by Gasteiger charge is 2.64. The van der Waals surface area contributed by atoms with E-state index in [9.17, 15) is 39.6 Å². The number of aliphatic hydroxyl groups is 3. The van der Waals surface area contributed by atoms with Gasteiger partial charge < -0.3 is 36.2 Å². The summed E-state index contributed by atoms with van der Waals surface area (Å²) >= 11 is 0. The number of anilines is 1. The van der Waals surface area contributed by atoms with Gasteiger partial charge in [0.2, 0.25) is 12.2 Å². The molecule has 1 fully saturated rings. The Hall–Kier alpha value is -3.90. The van der Waals surface area contributed by atoms with E-state index in [0.717, 1.165) is 0 Å². The first-order chi connectivity index (χ1) is 16.4. The summed E-state index contributed by atoms with van der Waals surface area (Å²) in [5.74, 6) is -7.28. The third-order valence-corrected chi connectivity index (χ3v) is 7.11. The number of primary amides is 1. The van der Waals surface area contributed by atoms with Gasteiger partial charge in [0.05, 0.1) is 24.4 Å². The molecule has 4 atom stereocenters. The van der Waals surface area contributed by atoms with Crippen LogP contribution in [0.25, 0.3) is 5.76 Å². The van der Waals surface area contributed by atoms with E-state index in [-0.39, 0.29) is 35.4 Å². The number of likely N-dealkylation sites (N-methyl/N-ethyl adjacent to an activating group) is 1. The highest BCUT2D eigenvalue weighted by Crippen LogP contribution is 2.54. The smallest absolute Gasteiger partial charge is 0.255 e. The predicted octanol–water partition coefficient (Wildman–Crippen LogP) is -0.459. The molecule has 0 heterocycles. The Morgan fingerprint density at radius 3 is 2.49 bits per heavy atom. The normalized spacial score (nSPS) is 27.9. The number of amides is 2. The van der Waals surface area contributed by atoms with Gasteiger partial charge in [0.15, 0.2) is 17.1 Å². The summed E-state index contributed by atoms with van der Waals surface area (Å²) < 4.78 is 5.37. The van der Waals surface area contributed by atoms with Crippen molar-refractivity contribution < 1.29 is 44.3 Å². The Morgan fingerprint density at radius 1 is 1.29 bits per heavy atom. The summed E-state index contributed by atoms with van der Waals surface area (Å²) in [5, 5.41) is 46.5. The largest absolute Gasteiger partial charge is 0.508 e. The van der Waals surface area contributed by atoms with Crippen LogP contribution in [0.5, 0.6) is 11.5 Å². The van der Waals surface area contributed by atoms with Crippen LogP contribution >= 0.6 is 0 Å². The van der Waals surface area contributed by atoms with Crippen LogP contribution in [0.1, 0.15) is 17.5 Å². The number of rotatable bonds is 5. The van der Waals surface area contributed by atoms with Crippen LogP contribution in [-0.4, -0.2) is 82.1 Å². The maximum atomic E-state index is 13.7. The van der Waals surface area contributed by atoms with E-state index in [4.69, 9.17) is 10.5 Å². The number of nitrogens with two attached hydrogens (primary N) is 1. The molecule has 1 saturated carbocycles. The van der Waals surface area contributed by atoms with E-state index in [0.29, 0.717) is 12.0 Å². The minimum Gasteiger partial charge on any atom is -0.508 e. The third kappa shape index (κ3) is 3.13. The maximum Gasteiger partial charge on any atom is 0.255 e. The van der Waals surface area contributed by atoms with E-state index in [2.05, 4.69) is 5.32 Å². The van der Waals surface area contributed by atoms with Crippen molar-refractivity contribution in [1.82, 2.24) is 4.90 Å². The average molecular weight is 487 g/mol. The van der Waals surface area contributed by atoms with Crippen LogP contribution in [0.2, 0.25) is 0 Å². The van der Waals surface area contributed by atoms with Gasteiger partial charge in [0.1, 0.15) is 22.8 Å². The molecule has 3 aliphatic carbocycles. The molecular formula is C23H25N3O9. The van der Waals surface area contributed by atoms with Crippen molar-refractivity contribution >= 4 is 35.3 Å². The molecular weight excluding hydrogens is 462 g/mol. The number of phenols is 1. The number of methoxy groups -OCH3 is 1. The molecule has 35 heavy (non-hydrogen) atoms. The van der Waals surface area contributed by atoms with Gasteiger partial charge in [0, 0.05) is 23.1 Å². The Labute approximate surface area is 199 Å². The summed E-state index contributed by atoms with van der Waals surface area (Å²) in [6, 6.07) is 0.198. The van der Waals surface area contributed by atoms with Gasteiger partial charge in [-0.2, -0.15) is 0 Å². The van der Waals surface area contributed by atoms with Crippen LogP contribution in [0, 0.1) is 11.8 Å². The standard InChI is InChI=1S/C23H25N3O9/c1-26(2)16-10-5-8-4-9-12(35-3)6-11(25-7-27)17(28)14(9)18(29)13(8)20(31)23(10,34)21(32)15(19(16)30)22(24)33/h6-8,10,16,28-29,32,34H,4-5H2,1-3H3,(H2,24,33)(H,25,27)/t8-,10-,16-,23-/m0/s1. The van der Waals surface area contributed by atoms with Gasteiger partial charge in [-0.3, -0.25) is 24.1 Å². The number of ketones is 2. The van der Waals surface area contributed by atoms with Crippen LogP contribution in [-0.2, 0) is 25.6 Å². The molecule has 0 saturated heterocycles. The van der Waals surface area contributed by atoms with E-state index in [1.54, 1.807) is 0 Å². The Balaban J connectivity index is 2.00. The van der Waals surface area contributed by atoms with Gasteiger partial charge >= 0.3 is 0 Å². The molecule has 0 aliphatic heterocycles. The number of Topliss-reactive ketones (excluding diaryl/α,β-unsaturated/α-hetero) is 2. The predicted molar refractivity (Wildman–Crippen MR) is 120 cm³/mol. The molecule has 12 heteroatoms. The second-order valence-electron chi connectivity index (χ2n) is 9.05. The zero-order valence-corrected chi connectivity index (χ0v) is 19.2. The van der Waals surface area contributed by atoms with Crippen molar-refractivity contribution in [3.63, 3.8) is 0 Å². The van der Waals surface area contributed by atoms with Crippen molar-refractivity contribution in [2.24, 2.45) is 17.6 Å². The lowest BCUT2D eigenvalue weighted by Gasteiger charge is -2.50. The fourth-order valence-electron chi connectivity index (χ4n) is 5.63. The minimum absolute atomic E-state index is 0.0377. The number of aliphatic hydroxyl groups excluding tert-OH is 2. The quantitative estimate of drug-likeness (QED) is 0.179. The number of hydrogen-bond acceptors (Lipinski definition) is 10. The molecule has 2 amide bonds. The van der Waals surface area contributed by atoms with Crippen molar-refractivity contribution in [2.45, 2.75) is 24.5 Å². The van der Waals surface area contributed by atoms with Crippen LogP contribution in [0.3, 0.4) is 0 Å². The summed E-state index contributed by atoms with van der Waals surface area (Å²) in [5.41, 5.74) is 1.49. The monoisotopic (exact) mass is 487 g/mol. The molecule has 3 aliphatic rings. The van der Waals surface area contributed by atoms with Crippen molar-refractivity contribution in [2.75, 3.05) is 26.5 Å². The fraction of sp³-hybridized carbons (Fsp3) is 0.391. The number of fused-ring (bicyclic) bond motifs is 3. The van der Waals surface area contributed by atoms with Gasteiger partial charge in [-0.05, 0) is 32.9 Å². The molecule has 12 nitrogen and oxygen atoms in total. The first kappa shape index (κ1) is 24.2. The van der Waals surface area contributed by atoms with E-state index < -0.39 is 63.8 Å². The van der Waals surface area contributed by atoms with Gasteiger partial charge in [-0.15, -0.1) is 0 Å². The highest BCUT2D eigenvalue weighted by molar-refractivity contribution is 6.24. The molecule has 4 rings (SSSR count). The molecule has 0 bridgehead atoms. The summed E-state index contributed by atoms with van der Waals surface area (Å²) in [6.45, 7) is 0. The number of hydrogen-bond donors (Lipinski definition) is 6. The van der Waals surface area contributed by atoms with E-state index in [1.165, 1.54) is 32.2 Å². The van der Waals surface area contributed by atoms with E-state index in [1.807, 2.05) is 0 Å². The van der Waals surface area contributed by atoms with Gasteiger partial charge in [0.25, 0.3) is 5.91 Å². The summed E-state index contributed by atoms with van der Waals surface area (Å²) in [4.78, 5) is 51.2.